The molecule has 1 unspecified atom stereocenters. The van der Waals surface area contributed by atoms with Gasteiger partial charge in [-0.2, -0.15) is 4.31 Å². The molecule has 6 rings (SSSR count). The topological polar surface area (TPSA) is 151 Å². The van der Waals surface area contributed by atoms with E-state index >= 15 is 0 Å². The van der Waals surface area contributed by atoms with Gasteiger partial charge in [0.2, 0.25) is 21.7 Å². The van der Waals surface area contributed by atoms with E-state index in [-0.39, 0.29) is 30.6 Å². The standard InChI is InChI=1S/C27H34FN5O6S/c1-2-14-40(38,39)33-13-3-4-20(33)23(35)31-27-11-9-18(10-12-27)16-32-25(37)22(34)21(30-26(27)32)24(36)29-15-17-5-7-19(28)8-6-17/h5-8,18,20,34H,2-4,9-16H2,1H3,(H,29,36)(H,31,35). The zero-order valence-electron chi connectivity index (χ0n) is 22.4. The van der Waals surface area contributed by atoms with Gasteiger partial charge in [-0.05, 0) is 68.6 Å². The number of nitrogens with one attached hydrogen (secondary N) is 2. The molecule has 1 atom stereocenters. The summed E-state index contributed by atoms with van der Waals surface area (Å²) >= 11 is 0. The minimum absolute atomic E-state index is 0.0202. The van der Waals surface area contributed by atoms with Crippen LogP contribution in [0.3, 0.4) is 0 Å². The lowest BCUT2D eigenvalue weighted by Crippen LogP contribution is -2.55. The fourth-order valence-corrected chi connectivity index (χ4v) is 7.90. The van der Waals surface area contributed by atoms with Gasteiger partial charge in [0.05, 0.1) is 11.3 Å². The van der Waals surface area contributed by atoms with Crippen molar-refractivity contribution in [2.45, 2.75) is 76.5 Å². The normalized spacial score (nSPS) is 24.4. The molecule has 2 fully saturated rings. The monoisotopic (exact) mass is 575 g/mol. The number of fused-ring (bicyclic) bond motifs is 2. The summed E-state index contributed by atoms with van der Waals surface area (Å²) in [4.78, 5) is 44.5. The molecule has 2 aromatic rings. The highest BCUT2D eigenvalue weighted by atomic mass is 32.2. The van der Waals surface area contributed by atoms with Crippen LogP contribution >= 0.6 is 0 Å². The number of benzene rings is 1. The molecular weight excluding hydrogens is 541 g/mol. The van der Waals surface area contributed by atoms with Crippen LogP contribution in [0.2, 0.25) is 0 Å². The first-order valence-corrected chi connectivity index (χ1v) is 15.3. The fourth-order valence-electron chi connectivity index (χ4n) is 6.15. The summed E-state index contributed by atoms with van der Waals surface area (Å²) in [6, 6.07) is 4.67. The molecule has 4 heterocycles. The first-order valence-electron chi connectivity index (χ1n) is 13.7. The number of carbonyl (C=O) groups excluding carboxylic acids is 2. The van der Waals surface area contributed by atoms with E-state index in [9.17, 15) is 32.3 Å². The Kier molecular flexibility index (Phi) is 7.71. The Morgan fingerprint density at radius 2 is 1.88 bits per heavy atom. The lowest BCUT2D eigenvalue weighted by molar-refractivity contribution is -0.127. The molecule has 1 saturated heterocycles. The third kappa shape index (κ3) is 5.24. The van der Waals surface area contributed by atoms with Crippen molar-refractivity contribution >= 4 is 21.8 Å². The van der Waals surface area contributed by atoms with Crippen LogP contribution in [0, 0.1) is 11.7 Å². The summed E-state index contributed by atoms with van der Waals surface area (Å²) in [6.45, 7) is 2.36. The van der Waals surface area contributed by atoms with E-state index in [1.54, 1.807) is 6.92 Å². The molecule has 40 heavy (non-hydrogen) atoms. The molecule has 1 aliphatic carbocycles. The van der Waals surface area contributed by atoms with Crippen molar-refractivity contribution in [1.82, 2.24) is 24.5 Å². The van der Waals surface area contributed by atoms with Gasteiger partial charge in [0, 0.05) is 19.6 Å². The van der Waals surface area contributed by atoms with Crippen molar-refractivity contribution in [3.8, 4) is 5.75 Å². The third-order valence-corrected chi connectivity index (χ3v) is 10.3. The quantitative estimate of drug-likeness (QED) is 0.434. The smallest absolute Gasteiger partial charge is 0.296 e. The Bertz CT molecular complexity index is 1470. The average Bonchev–Trinajstić information content (AvgIpc) is 3.33. The SMILES string of the molecule is CCCS(=O)(=O)N1CCCC1C(=O)NC12CCC(CC1)Cn1c2nc(C(=O)NCc2ccc(F)cc2)c(O)c1=O. The van der Waals surface area contributed by atoms with Gasteiger partial charge in [-0.25, -0.2) is 17.8 Å². The Labute approximate surface area is 231 Å². The molecule has 1 aromatic carbocycles. The van der Waals surface area contributed by atoms with Gasteiger partial charge in [-0.1, -0.05) is 19.1 Å². The van der Waals surface area contributed by atoms with Crippen molar-refractivity contribution in [3.63, 3.8) is 0 Å². The van der Waals surface area contributed by atoms with Crippen molar-refractivity contribution in [1.29, 1.82) is 0 Å². The van der Waals surface area contributed by atoms with Crippen molar-refractivity contribution in [2.24, 2.45) is 5.92 Å². The van der Waals surface area contributed by atoms with Gasteiger partial charge in [-0.3, -0.25) is 19.0 Å². The van der Waals surface area contributed by atoms with Crippen LogP contribution in [-0.2, 0) is 33.4 Å². The summed E-state index contributed by atoms with van der Waals surface area (Å²) in [7, 11) is -3.60. The maximum absolute atomic E-state index is 13.6. The van der Waals surface area contributed by atoms with Gasteiger partial charge in [0.15, 0.2) is 5.69 Å². The molecule has 1 aromatic heterocycles. The molecule has 3 N–H and O–H groups in total. The molecule has 2 bridgehead atoms. The van der Waals surface area contributed by atoms with Crippen LogP contribution in [0.5, 0.6) is 5.75 Å². The first-order chi connectivity index (χ1) is 19.0. The Morgan fingerprint density at radius 1 is 1.18 bits per heavy atom. The number of hydrogen-bond donors (Lipinski definition) is 3. The van der Waals surface area contributed by atoms with Gasteiger partial charge in [-0.15, -0.1) is 0 Å². The fraction of sp³-hybridized carbons (Fsp3) is 0.556. The molecule has 2 amide bonds. The zero-order chi connectivity index (χ0) is 28.7. The summed E-state index contributed by atoms with van der Waals surface area (Å²) in [5, 5.41) is 16.4. The molecular formula is C27H34FN5O6S. The van der Waals surface area contributed by atoms with Crippen molar-refractivity contribution < 1.29 is 27.5 Å². The predicted octanol–water partition coefficient (Wildman–Crippen LogP) is 1.74. The van der Waals surface area contributed by atoms with Crippen LogP contribution < -0.4 is 16.2 Å². The average molecular weight is 576 g/mol. The van der Waals surface area contributed by atoms with Gasteiger partial charge in [0.1, 0.15) is 17.7 Å². The summed E-state index contributed by atoms with van der Waals surface area (Å²) < 4.78 is 41.5. The van der Waals surface area contributed by atoms with Gasteiger partial charge < -0.3 is 15.7 Å². The molecule has 216 valence electrons. The van der Waals surface area contributed by atoms with Crippen LogP contribution in [0.15, 0.2) is 29.1 Å². The molecule has 0 radical (unpaired) electrons. The number of hydrogen-bond acceptors (Lipinski definition) is 7. The number of nitrogens with zero attached hydrogens (tertiary/aromatic N) is 3. The second-order valence-corrected chi connectivity index (χ2v) is 13.0. The first kappa shape index (κ1) is 28.2. The van der Waals surface area contributed by atoms with Crippen molar-refractivity contribution in [3.05, 3.63) is 57.5 Å². The minimum Gasteiger partial charge on any atom is -0.501 e. The van der Waals surface area contributed by atoms with E-state index in [1.807, 2.05) is 0 Å². The second kappa shape index (κ2) is 10.9. The number of amides is 2. The molecule has 13 heteroatoms. The highest BCUT2D eigenvalue weighted by Gasteiger charge is 2.48. The summed E-state index contributed by atoms with van der Waals surface area (Å²) in [5.41, 5.74) is -1.70. The summed E-state index contributed by atoms with van der Waals surface area (Å²) in [5.74, 6) is -2.15. The lowest BCUT2D eigenvalue weighted by Gasteiger charge is -2.38. The molecule has 1 saturated carbocycles. The van der Waals surface area contributed by atoms with E-state index < -0.39 is 56.2 Å². The molecule has 11 nitrogen and oxygen atoms in total. The zero-order valence-corrected chi connectivity index (χ0v) is 23.2. The van der Waals surface area contributed by atoms with Crippen LogP contribution in [0.25, 0.3) is 0 Å². The molecule has 3 aliphatic heterocycles. The maximum Gasteiger partial charge on any atom is 0.296 e. The second-order valence-electron chi connectivity index (χ2n) is 11.0. The molecule has 0 spiro atoms. The predicted molar refractivity (Wildman–Crippen MR) is 143 cm³/mol. The largest absolute Gasteiger partial charge is 0.501 e. The number of halogens is 1. The highest BCUT2D eigenvalue weighted by molar-refractivity contribution is 7.89. The van der Waals surface area contributed by atoms with E-state index in [2.05, 4.69) is 15.6 Å². The van der Waals surface area contributed by atoms with Crippen LogP contribution in [-0.4, -0.2) is 57.5 Å². The Balaban J connectivity index is 1.46. The lowest BCUT2D eigenvalue weighted by atomic mass is 9.77. The van der Waals surface area contributed by atoms with Crippen LogP contribution in [0.4, 0.5) is 4.39 Å². The Hall–Kier alpha value is -3.32. The molecule has 4 aliphatic rings. The number of sulfonamides is 1. The van der Waals surface area contributed by atoms with E-state index in [1.165, 1.54) is 33.1 Å². The number of rotatable bonds is 8. The third-order valence-electron chi connectivity index (χ3n) is 8.24. The number of carbonyl (C=O) groups is 2. The number of aromatic nitrogens is 2. The van der Waals surface area contributed by atoms with E-state index in [4.69, 9.17) is 0 Å². The minimum atomic E-state index is -3.60. The maximum atomic E-state index is 13.6. The van der Waals surface area contributed by atoms with Crippen molar-refractivity contribution in [2.75, 3.05) is 12.3 Å². The van der Waals surface area contributed by atoms with Gasteiger partial charge >= 0.3 is 0 Å². The van der Waals surface area contributed by atoms with E-state index in [0.717, 1.165) is 0 Å². The summed E-state index contributed by atoms with van der Waals surface area (Å²) in [6.07, 6.45) is 3.71. The Morgan fingerprint density at radius 3 is 2.55 bits per heavy atom. The van der Waals surface area contributed by atoms with Gasteiger partial charge in [0.25, 0.3) is 11.5 Å². The highest BCUT2D eigenvalue weighted by Crippen LogP contribution is 2.43. The number of aromatic hydroxyl groups is 1. The van der Waals surface area contributed by atoms with Crippen LogP contribution in [0.1, 0.15) is 73.7 Å². The van der Waals surface area contributed by atoms with E-state index in [0.29, 0.717) is 57.1 Å².